The predicted octanol–water partition coefficient (Wildman–Crippen LogP) is 0.319. The highest BCUT2D eigenvalue weighted by Gasteiger charge is 2.11. The molecule has 0 spiro atoms. The van der Waals surface area contributed by atoms with Crippen LogP contribution in [-0.2, 0) is 13.6 Å². The molecule has 0 fully saturated rings. The summed E-state index contributed by atoms with van der Waals surface area (Å²) >= 11 is 0. The Bertz CT molecular complexity index is 375. The van der Waals surface area contributed by atoms with E-state index < -0.39 is 0 Å². The predicted molar refractivity (Wildman–Crippen MR) is 55.5 cm³/mol. The van der Waals surface area contributed by atoms with Gasteiger partial charge in [0.15, 0.2) is 0 Å². The van der Waals surface area contributed by atoms with Crippen LogP contribution in [0.15, 0.2) is 11.5 Å². The fourth-order valence-corrected chi connectivity index (χ4v) is 1.34. The minimum atomic E-state index is 0.640. The van der Waals surface area contributed by atoms with Crippen molar-refractivity contribution in [3.05, 3.63) is 12.2 Å². The van der Waals surface area contributed by atoms with Crippen LogP contribution in [0.5, 0.6) is 0 Å². The molecule has 5 heteroatoms. The van der Waals surface area contributed by atoms with Gasteiger partial charge < -0.3 is 5.21 Å². The van der Waals surface area contributed by atoms with Gasteiger partial charge in [-0.1, -0.05) is 5.16 Å². The number of nitrogens with zero attached hydrogens (tertiary/aromatic N) is 4. The van der Waals surface area contributed by atoms with Crippen molar-refractivity contribution in [2.75, 3.05) is 0 Å². The lowest BCUT2D eigenvalue weighted by atomic mass is 10.2. The highest BCUT2D eigenvalue weighted by atomic mass is 16.4. The molecule has 1 aromatic rings. The monoisotopic (exact) mass is 207 g/mol. The molecule has 1 heterocycles. The second-order valence-electron chi connectivity index (χ2n) is 3.25. The molecule has 5 nitrogen and oxygen atoms in total. The molecular weight excluding hydrogens is 192 g/mol. The molecule has 0 aliphatic rings. The zero-order valence-corrected chi connectivity index (χ0v) is 8.80. The Balaban J connectivity index is 2.56. The molecule has 0 aliphatic heterocycles. The molecule has 0 bridgehead atoms. The van der Waals surface area contributed by atoms with E-state index in [9.17, 15) is 0 Å². The van der Waals surface area contributed by atoms with Gasteiger partial charge in [0.1, 0.15) is 6.21 Å². The first kappa shape index (κ1) is 11.2. The summed E-state index contributed by atoms with van der Waals surface area (Å²) in [6, 6.07) is 0. The normalized spacial score (nSPS) is 10.7. The molecule has 1 N–H and O–H groups in total. The van der Waals surface area contributed by atoms with Crippen molar-refractivity contribution in [1.82, 2.24) is 9.78 Å². The second-order valence-corrected chi connectivity index (χ2v) is 3.25. The van der Waals surface area contributed by atoms with Crippen molar-refractivity contribution in [3.8, 4) is 12.3 Å². The smallest absolute Gasteiger partial charge is 0.323 e. The fraction of sp³-hybridized carbons (Fsp3) is 0.500. The van der Waals surface area contributed by atoms with Gasteiger partial charge in [0.2, 0.25) is 6.33 Å². The maximum Gasteiger partial charge on any atom is 0.323 e. The van der Waals surface area contributed by atoms with Gasteiger partial charge in [0.25, 0.3) is 0 Å². The first-order chi connectivity index (χ1) is 7.27. The first-order valence-electron chi connectivity index (χ1n) is 4.82. The highest BCUT2D eigenvalue weighted by Crippen LogP contribution is 1.94. The molecular formula is C10H15N4O+. The largest absolute Gasteiger partial charge is 0.411 e. The molecule has 0 aliphatic carbocycles. The van der Waals surface area contributed by atoms with Crippen molar-refractivity contribution < 1.29 is 9.77 Å². The van der Waals surface area contributed by atoms with E-state index in [0.717, 1.165) is 25.8 Å². The van der Waals surface area contributed by atoms with Crippen LogP contribution < -0.4 is 4.57 Å². The minimum Gasteiger partial charge on any atom is -0.411 e. The molecule has 0 saturated heterocycles. The molecule has 0 atom stereocenters. The molecule has 0 saturated carbocycles. The number of oxime groups is 1. The quantitative estimate of drug-likeness (QED) is 0.189. The third-order valence-electron chi connectivity index (χ3n) is 2.00. The molecule has 0 radical (unpaired) electrons. The highest BCUT2D eigenvalue weighted by molar-refractivity contribution is 5.71. The topological polar surface area (TPSA) is 54.3 Å². The van der Waals surface area contributed by atoms with Gasteiger partial charge in [-0.25, -0.2) is 4.57 Å². The Hall–Kier alpha value is -1.83. The van der Waals surface area contributed by atoms with Gasteiger partial charge in [0.05, 0.1) is 13.6 Å². The number of aromatic nitrogens is 3. The Morgan fingerprint density at radius 3 is 3.20 bits per heavy atom. The van der Waals surface area contributed by atoms with E-state index in [-0.39, 0.29) is 0 Å². The van der Waals surface area contributed by atoms with E-state index in [1.807, 2.05) is 17.9 Å². The standard InChI is InChI=1S/C10H14N4O/c1-3-4-5-6-7-14-9-13(2)12-10(14)8-11-15/h1,8-9H,4-7H2,2H3/p+1/b11-8-. The average molecular weight is 207 g/mol. The summed E-state index contributed by atoms with van der Waals surface area (Å²) in [6.07, 6.45) is 11.1. The zero-order valence-electron chi connectivity index (χ0n) is 8.80. The number of rotatable bonds is 5. The molecule has 1 aromatic heterocycles. The van der Waals surface area contributed by atoms with Crippen LogP contribution in [0.25, 0.3) is 0 Å². The minimum absolute atomic E-state index is 0.640. The number of hydrogen-bond acceptors (Lipinski definition) is 3. The van der Waals surface area contributed by atoms with Gasteiger partial charge in [-0.15, -0.1) is 17.0 Å². The van der Waals surface area contributed by atoms with Gasteiger partial charge in [0, 0.05) is 11.5 Å². The van der Waals surface area contributed by atoms with Crippen molar-refractivity contribution in [2.45, 2.75) is 25.8 Å². The van der Waals surface area contributed by atoms with E-state index in [1.165, 1.54) is 6.21 Å². The summed E-state index contributed by atoms with van der Waals surface area (Å²) < 4.78 is 3.61. The second kappa shape index (κ2) is 5.81. The van der Waals surface area contributed by atoms with Gasteiger partial charge in [-0.3, -0.25) is 0 Å². The van der Waals surface area contributed by atoms with E-state index in [4.69, 9.17) is 11.6 Å². The van der Waals surface area contributed by atoms with Crippen LogP contribution in [0, 0.1) is 12.3 Å². The molecule has 0 unspecified atom stereocenters. The average Bonchev–Trinajstić information content (AvgIpc) is 2.55. The van der Waals surface area contributed by atoms with Crippen LogP contribution in [-0.4, -0.2) is 21.2 Å². The Morgan fingerprint density at radius 1 is 1.73 bits per heavy atom. The molecule has 15 heavy (non-hydrogen) atoms. The fourth-order valence-electron chi connectivity index (χ4n) is 1.34. The Labute approximate surface area is 89.0 Å². The van der Waals surface area contributed by atoms with Crippen molar-refractivity contribution in [1.29, 1.82) is 0 Å². The lowest BCUT2D eigenvalue weighted by Crippen LogP contribution is -2.36. The molecule has 1 rings (SSSR count). The molecule has 80 valence electrons. The SMILES string of the molecule is C#CCCCC[n+]1cn(C)nc1/C=N\O. The van der Waals surface area contributed by atoms with E-state index in [0.29, 0.717) is 5.82 Å². The van der Waals surface area contributed by atoms with Gasteiger partial charge in [-0.2, -0.15) is 0 Å². The summed E-state index contributed by atoms with van der Waals surface area (Å²) in [6.45, 7) is 0.830. The van der Waals surface area contributed by atoms with Crippen LogP contribution in [0.3, 0.4) is 0 Å². The number of unbranched alkanes of at least 4 members (excludes halogenated alkanes) is 2. The van der Waals surface area contributed by atoms with E-state index in [1.54, 1.807) is 4.68 Å². The summed E-state index contributed by atoms with van der Waals surface area (Å²) in [4.78, 5) is 0. The zero-order chi connectivity index (χ0) is 11.1. The van der Waals surface area contributed by atoms with Gasteiger partial charge in [-0.05, 0) is 12.8 Å². The number of terminal acetylenes is 1. The third-order valence-corrected chi connectivity index (χ3v) is 2.00. The lowest BCUT2D eigenvalue weighted by molar-refractivity contribution is -0.698. The lowest BCUT2D eigenvalue weighted by Gasteiger charge is -1.95. The van der Waals surface area contributed by atoms with Gasteiger partial charge >= 0.3 is 5.82 Å². The maximum absolute atomic E-state index is 8.44. The summed E-state index contributed by atoms with van der Waals surface area (Å²) in [5, 5.41) is 15.5. The molecule has 0 amide bonds. The maximum atomic E-state index is 8.44. The summed E-state index contributed by atoms with van der Waals surface area (Å²) in [7, 11) is 1.83. The van der Waals surface area contributed by atoms with Crippen molar-refractivity contribution >= 4 is 6.21 Å². The first-order valence-corrected chi connectivity index (χ1v) is 4.82. The van der Waals surface area contributed by atoms with Crippen LogP contribution in [0.2, 0.25) is 0 Å². The Kier molecular flexibility index (Phi) is 4.35. The van der Waals surface area contributed by atoms with Crippen molar-refractivity contribution in [3.63, 3.8) is 0 Å². The van der Waals surface area contributed by atoms with Crippen LogP contribution in [0.4, 0.5) is 0 Å². The molecule has 0 aromatic carbocycles. The Morgan fingerprint density at radius 2 is 2.53 bits per heavy atom. The van der Waals surface area contributed by atoms with Crippen LogP contribution >= 0.6 is 0 Å². The third kappa shape index (κ3) is 3.43. The van der Waals surface area contributed by atoms with Crippen molar-refractivity contribution in [2.24, 2.45) is 12.2 Å². The number of hydrogen-bond donors (Lipinski definition) is 1. The summed E-state index contributed by atoms with van der Waals surface area (Å²) in [5.74, 6) is 3.24. The number of aryl methyl sites for hydroxylation is 2. The summed E-state index contributed by atoms with van der Waals surface area (Å²) in [5.41, 5.74) is 0. The van der Waals surface area contributed by atoms with E-state index >= 15 is 0 Å². The van der Waals surface area contributed by atoms with E-state index in [2.05, 4.69) is 16.2 Å². The van der Waals surface area contributed by atoms with Crippen LogP contribution in [0.1, 0.15) is 25.1 Å².